The van der Waals surface area contributed by atoms with Gasteiger partial charge in [-0.3, -0.25) is 4.79 Å². The van der Waals surface area contributed by atoms with Gasteiger partial charge in [-0.25, -0.2) is 9.78 Å². The highest BCUT2D eigenvalue weighted by Gasteiger charge is 2.30. The summed E-state index contributed by atoms with van der Waals surface area (Å²) in [5.74, 6) is -0.840. The maximum atomic E-state index is 13.0. The smallest absolute Gasteiger partial charge is 0.356 e. The summed E-state index contributed by atoms with van der Waals surface area (Å²) >= 11 is 0. The van der Waals surface area contributed by atoms with Gasteiger partial charge < -0.3 is 24.7 Å². The minimum Gasteiger partial charge on any atom is -0.464 e. The largest absolute Gasteiger partial charge is 0.464 e. The molecule has 190 valence electrons. The zero-order valence-electron chi connectivity index (χ0n) is 21.2. The van der Waals surface area contributed by atoms with Crippen LogP contribution in [0.3, 0.4) is 0 Å². The second-order valence-electron chi connectivity index (χ2n) is 9.87. The third-order valence-corrected chi connectivity index (χ3v) is 7.42. The van der Waals surface area contributed by atoms with Crippen LogP contribution in [0.5, 0.6) is 0 Å². The summed E-state index contributed by atoms with van der Waals surface area (Å²) in [4.78, 5) is 30.8. The molecule has 1 aliphatic heterocycles. The van der Waals surface area contributed by atoms with Crippen molar-refractivity contribution in [3.63, 3.8) is 0 Å². The first-order valence-corrected chi connectivity index (χ1v) is 12.8. The van der Waals surface area contributed by atoms with Gasteiger partial charge in [-0.05, 0) is 49.3 Å². The minimum atomic E-state index is -0.508. The highest BCUT2D eigenvalue weighted by molar-refractivity contribution is 6.11. The van der Waals surface area contributed by atoms with Crippen LogP contribution in [0.25, 0.3) is 11.0 Å². The lowest BCUT2D eigenvalue weighted by molar-refractivity contribution is -0.119. The molecule has 2 aromatic heterocycles. The molecule has 8 nitrogen and oxygen atoms in total. The number of aromatic nitrogens is 2. The molecular formula is C28H34N4O4. The summed E-state index contributed by atoms with van der Waals surface area (Å²) in [6, 6.07) is 10.7. The van der Waals surface area contributed by atoms with Crippen molar-refractivity contribution in [2.45, 2.75) is 64.6 Å². The Labute approximate surface area is 211 Å². The Morgan fingerprint density at radius 3 is 2.64 bits per heavy atom. The number of esters is 1. The molecule has 1 amide bonds. The second kappa shape index (κ2) is 10.3. The van der Waals surface area contributed by atoms with Crippen molar-refractivity contribution >= 4 is 34.3 Å². The number of amides is 1. The number of anilines is 2. The van der Waals surface area contributed by atoms with Crippen molar-refractivity contribution in [2.24, 2.45) is 5.92 Å². The van der Waals surface area contributed by atoms with Gasteiger partial charge in [0.05, 0.1) is 37.3 Å². The van der Waals surface area contributed by atoms with E-state index in [-0.39, 0.29) is 24.0 Å². The number of hydrogen-bond acceptors (Lipinski definition) is 6. The van der Waals surface area contributed by atoms with E-state index < -0.39 is 5.97 Å². The molecule has 2 atom stereocenters. The molecule has 8 heteroatoms. The van der Waals surface area contributed by atoms with Gasteiger partial charge in [0.2, 0.25) is 5.91 Å². The van der Waals surface area contributed by atoms with Gasteiger partial charge in [0.1, 0.15) is 5.65 Å². The maximum absolute atomic E-state index is 13.0. The van der Waals surface area contributed by atoms with Gasteiger partial charge in [-0.2, -0.15) is 0 Å². The fourth-order valence-corrected chi connectivity index (χ4v) is 5.24. The molecule has 0 saturated carbocycles. The normalized spacial score (nSPS) is 18.2. The zero-order valence-corrected chi connectivity index (χ0v) is 21.2. The summed E-state index contributed by atoms with van der Waals surface area (Å²) in [6.07, 6.45) is 6.27. The molecule has 0 radical (unpaired) electrons. The van der Waals surface area contributed by atoms with Crippen LogP contribution in [0.15, 0.2) is 36.5 Å². The van der Waals surface area contributed by atoms with Crippen molar-refractivity contribution < 1.29 is 19.1 Å². The lowest BCUT2D eigenvalue weighted by Crippen LogP contribution is -2.23. The Kier molecular flexibility index (Phi) is 6.96. The number of rotatable bonds is 8. The Bertz CT molecular complexity index is 1250. The van der Waals surface area contributed by atoms with Crippen LogP contribution in [0.2, 0.25) is 0 Å². The van der Waals surface area contributed by atoms with E-state index in [4.69, 9.17) is 14.5 Å². The third-order valence-electron chi connectivity index (χ3n) is 7.42. The first-order valence-electron chi connectivity index (χ1n) is 12.8. The molecule has 1 fully saturated rings. The van der Waals surface area contributed by atoms with Crippen LogP contribution in [-0.2, 0) is 33.7 Å². The molecule has 2 N–H and O–H groups in total. The first kappa shape index (κ1) is 24.3. The van der Waals surface area contributed by atoms with E-state index >= 15 is 0 Å². The molecule has 0 bridgehead atoms. The molecule has 1 saturated heterocycles. The van der Waals surface area contributed by atoms with E-state index in [1.165, 1.54) is 18.2 Å². The van der Waals surface area contributed by atoms with Crippen LogP contribution in [0, 0.1) is 5.92 Å². The van der Waals surface area contributed by atoms with Crippen LogP contribution in [0.4, 0.5) is 11.4 Å². The zero-order chi connectivity index (χ0) is 25.2. The van der Waals surface area contributed by atoms with Crippen LogP contribution < -0.4 is 10.6 Å². The number of nitrogens with one attached hydrogen (secondary N) is 2. The maximum Gasteiger partial charge on any atom is 0.356 e. The fraction of sp³-hybridized carbons (Fsp3) is 0.464. The molecule has 2 aliphatic rings. The predicted octanol–water partition coefficient (Wildman–Crippen LogP) is 4.57. The van der Waals surface area contributed by atoms with E-state index in [0.29, 0.717) is 42.0 Å². The number of hydrogen-bond donors (Lipinski definition) is 2. The monoisotopic (exact) mass is 490 g/mol. The van der Waals surface area contributed by atoms with Crippen molar-refractivity contribution in [1.29, 1.82) is 0 Å². The predicted molar refractivity (Wildman–Crippen MR) is 139 cm³/mol. The van der Waals surface area contributed by atoms with E-state index in [2.05, 4.69) is 34.9 Å². The lowest BCUT2D eigenvalue weighted by Gasteiger charge is -2.15. The number of fused-ring (bicyclic) bond motifs is 2. The lowest BCUT2D eigenvalue weighted by atomic mass is 10.1. The molecular weight excluding hydrogens is 456 g/mol. The number of nitrogens with zero attached hydrogens (tertiary/aromatic N) is 2. The number of pyridine rings is 1. The summed E-state index contributed by atoms with van der Waals surface area (Å²) in [5, 5.41) is 7.36. The highest BCUT2D eigenvalue weighted by atomic mass is 16.5. The fourth-order valence-electron chi connectivity index (χ4n) is 5.24. The topological polar surface area (TPSA) is 94.5 Å². The quantitative estimate of drug-likeness (QED) is 0.450. The molecule has 3 aromatic rings. The average molecular weight is 491 g/mol. The average Bonchev–Trinajstić information content (AvgIpc) is 3.61. The Morgan fingerprint density at radius 2 is 2.00 bits per heavy atom. The molecule has 36 heavy (non-hydrogen) atoms. The molecule has 0 spiro atoms. The van der Waals surface area contributed by atoms with Gasteiger partial charge in [0, 0.05) is 24.0 Å². The number of carbonyl (C=O) groups excluding carboxylic acids is 2. The van der Waals surface area contributed by atoms with Crippen LogP contribution in [0.1, 0.15) is 54.7 Å². The van der Waals surface area contributed by atoms with Crippen LogP contribution in [-0.4, -0.2) is 47.3 Å². The van der Waals surface area contributed by atoms with Gasteiger partial charge in [0.15, 0.2) is 5.69 Å². The van der Waals surface area contributed by atoms with Gasteiger partial charge in [0.25, 0.3) is 0 Å². The van der Waals surface area contributed by atoms with E-state index in [0.717, 1.165) is 31.4 Å². The number of methoxy groups -OCH3 is 1. The SMILES string of the molecule is CCC(C)C(=O)Nc1c(C(=O)OC)n(CC2CCCO2)c2ncc(NC3Cc4ccccc4C3)cc12. The van der Waals surface area contributed by atoms with E-state index in [9.17, 15) is 9.59 Å². The summed E-state index contributed by atoms with van der Waals surface area (Å²) in [5.41, 5.74) is 4.96. The van der Waals surface area contributed by atoms with Crippen molar-refractivity contribution in [1.82, 2.24) is 9.55 Å². The Hall–Kier alpha value is -3.39. The molecule has 1 aliphatic carbocycles. The van der Waals surface area contributed by atoms with E-state index in [1.807, 2.05) is 24.5 Å². The van der Waals surface area contributed by atoms with E-state index in [1.54, 1.807) is 6.20 Å². The minimum absolute atomic E-state index is 0.0151. The number of carbonyl (C=O) groups is 2. The second-order valence-corrected chi connectivity index (χ2v) is 9.87. The Balaban J connectivity index is 1.54. The summed E-state index contributed by atoms with van der Waals surface area (Å²) < 4.78 is 12.9. The van der Waals surface area contributed by atoms with Crippen molar-refractivity contribution in [2.75, 3.05) is 24.4 Å². The Morgan fingerprint density at radius 1 is 1.25 bits per heavy atom. The number of benzene rings is 1. The summed E-state index contributed by atoms with van der Waals surface area (Å²) in [7, 11) is 1.36. The molecule has 5 rings (SSSR count). The first-order chi connectivity index (χ1) is 17.5. The molecule has 2 unspecified atom stereocenters. The van der Waals surface area contributed by atoms with Gasteiger partial charge in [-0.15, -0.1) is 0 Å². The summed E-state index contributed by atoms with van der Waals surface area (Å²) in [6.45, 7) is 5.02. The van der Waals surface area contributed by atoms with Gasteiger partial charge >= 0.3 is 5.97 Å². The van der Waals surface area contributed by atoms with Crippen molar-refractivity contribution in [3.05, 3.63) is 53.3 Å². The standard InChI is InChI=1S/C28H34N4O4/c1-4-17(2)27(33)31-24-23-14-21(30-20-12-18-8-5-6-9-19(18)13-20)15-29-26(23)32(25(24)28(34)35-3)16-22-10-7-11-36-22/h5-6,8-9,14-15,17,20,22,30H,4,7,10-13,16H2,1-3H3,(H,31,33). The third kappa shape index (κ3) is 4.69. The molecule has 1 aromatic carbocycles. The van der Waals surface area contributed by atoms with Crippen molar-refractivity contribution in [3.8, 4) is 0 Å². The highest BCUT2D eigenvalue weighted by Crippen LogP contribution is 2.35. The van der Waals surface area contributed by atoms with Gasteiger partial charge in [-0.1, -0.05) is 38.1 Å². The molecule has 3 heterocycles. The number of ether oxygens (including phenoxy) is 2. The van der Waals surface area contributed by atoms with Crippen LogP contribution >= 0.6 is 0 Å².